The van der Waals surface area contributed by atoms with Crippen LogP contribution in [0.25, 0.3) is 66.9 Å². The number of ether oxygens (including phenoxy) is 5. The Labute approximate surface area is 543 Å². The summed E-state index contributed by atoms with van der Waals surface area (Å²) >= 11 is 8.03. The third-order valence-corrected chi connectivity index (χ3v) is 16.1. The second kappa shape index (κ2) is 31.0. The molecule has 0 aliphatic carbocycles. The minimum atomic E-state index is 0.0743. The number of hydrogen-bond donors (Lipinski definition) is 1. The van der Waals surface area contributed by atoms with Crippen LogP contribution in [0.3, 0.4) is 0 Å². The van der Waals surface area contributed by atoms with Crippen molar-refractivity contribution < 1.29 is 33.6 Å². The molecule has 0 bridgehead atoms. The first-order valence-electron chi connectivity index (χ1n) is 30.0. The van der Waals surface area contributed by atoms with Gasteiger partial charge in [0.2, 0.25) is 0 Å². The number of aromatic hydroxyl groups is 1. The summed E-state index contributed by atoms with van der Waals surface area (Å²) in [7, 11) is 0. The van der Waals surface area contributed by atoms with E-state index in [1.54, 1.807) is 45.0 Å². The van der Waals surface area contributed by atoms with Gasteiger partial charge in [0, 0.05) is 64.3 Å². The highest BCUT2D eigenvalue weighted by Crippen LogP contribution is 2.31. The minimum absolute atomic E-state index is 0.0743. The lowest BCUT2D eigenvalue weighted by Crippen LogP contribution is -1.98. The highest BCUT2D eigenvalue weighted by atomic mass is 32.2. The van der Waals surface area contributed by atoms with Crippen LogP contribution in [-0.4, -0.2) is 79.9 Å². The lowest BCUT2D eigenvalue weighted by Gasteiger charge is -2.07. The molecule has 0 aliphatic heterocycles. The average Bonchev–Trinajstić information content (AvgIpc) is 3.07. The van der Waals surface area contributed by atoms with Crippen molar-refractivity contribution in [3.8, 4) is 57.2 Å². The Bertz CT molecular complexity index is 4390. The number of thioether (sulfide) groups is 2. The van der Waals surface area contributed by atoms with Crippen molar-refractivity contribution in [3.63, 3.8) is 0 Å². The Hall–Kier alpha value is -9.88. The third-order valence-electron chi connectivity index (χ3n) is 14.2. The van der Waals surface area contributed by atoms with E-state index >= 15 is 0 Å². The van der Waals surface area contributed by atoms with Crippen LogP contribution in [-0.2, 0) is 17.0 Å². The van der Waals surface area contributed by atoms with Crippen LogP contribution in [0, 0.1) is 0 Å². The maximum Gasteiger partial charge on any atom is 0.190 e. The van der Waals surface area contributed by atoms with Gasteiger partial charge in [-0.2, -0.15) is 0 Å². The number of nitrogens with zero attached hydrogens (tertiary/aromatic N) is 8. The molecule has 0 saturated carbocycles. The van der Waals surface area contributed by atoms with E-state index in [1.165, 1.54) is 27.8 Å². The van der Waals surface area contributed by atoms with Crippen LogP contribution in [0.4, 0.5) is 0 Å². The van der Waals surface area contributed by atoms with Gasteiger partial charge in [0.25, 0.3) is 0 Å². The van der Waals surface area contributed by atoms with Crippen molar-refractivity contribution in [2.24, 2.45) is 0 Å². The maximum atomic E-state index is 11.2. The van der Waals surface area contributed by atoms with Gasteiger partial charge >= 0.3 is 0 Å². The van der Waals surface area contributed by atoms with Crippen molar-refractivity contribution >= 4 is 90.0 Å². The number of carbonyl (C=O) groups is 1. The van der Waals surface area contributed by atoms with Gasteiger partial charge in [0.05, 0.1) is 70.6 Å². The van der Waals surface area contributed by atoms with Crippen LogP contribution >= 0.6 is 35.7 Å². The molecular weight excluding hydrogens is 1200 g/mol. The van der Waals surface area contributed by atoms with E-state index in [2.05, 4.69) is 86.0 Å². The molecule has 91 heavy (non-hydrogen) atoms. The summed E-state index contributed by atoms with van der Waals surface area (Å²) in [6.07, 6.45) is 8.32. The van der Waals surface area contributed by atoms with E-state index in [9.17, 15) is 9.90 Å². The molecule has 13 aromatic rings. The molecule has 0 aliphatic rings. The number of aryl methyl sites for hydroxylation is 1. The van der Waals surface area contributed by atoms with E-state index in [0.29, 0.717) is 37.2 Å². The molecule has 0 radical (unpaired) electrons. The monoisotopic (exact) mass is 1270 g/mol. The molecule has 0 spiro atoms. The zero-order valence-corrected chi connectivity index (χ0v) is 54.2. The maximum absolute atomic E-state index is 11.2. The van der Waals surface area contributed by atoms with Crippen molar-refractivity contribution in [2.75, 3.05) is 26.4 Å². The van der Waals surface area contributed by atoms with Crippen molar-refractivity contribution in [3.05, 3.63) is 231 Å². The Morgan fingerprint density at radius 3 is 1.14 bits per heavy atom. The molecule has 0 fully saturated rings. The first kappa shape index (κ1) is 64.1. The van der Waals surface area contributed by atoms with Crippen LogP contribution in [0.5, 0.6) is 34.5 Å². The summed E-state index contributed by atoms with van der Waals surface area (Å²) < 4.78 is 35.5. The van der Waals surface area contributed by atoms with E-state index in [0.717, 1.165) is 107 Å². The summed E-state index contributed by atoms with van der Waals surface area (Å²) in [6, 6.07) is 64.0. The second-order valence-corrected chi connectivity index (χ2v) is 23.3. The Balaban J connectivity index is 0.000000134. The quantitative estimate of drug-likeness (QED) is 0.0640. The van der Waals surface area contributed by atoms with Crippen LogP contribution in [0.2, 0.25) is 0 Å². The standard InChI is InChI=1S/C24H24N2OS.2C17H16N2O2S.C15H14N2O2/c1-3-18-5-7-19(8-6-18)16-28-22-13-14-24-23(15-22)25-17-26(24)20-9-11-21(12-10-20)27-4-2;1-3-21-14-6-4-13(5-7-14)19-11-18-16-10-15(22-12(2)20)8-9-17(16)19;1-3-20-14-6-4-13(5-7-14)19-11-18-16-10-15(21-12(2)22)8-9-17(16)19;1-2-19-13-6-3-11(4-7-13)17-10-16-14-9-12(18)5-8-15(14)17/h5-15,17H,3-4,16H2,1-2H3;2*4-11H,3H2,1-2H3;3-10,18H,2H2,1H3. The summed E-state index contributed by atoms with van der Waals surface area (Å²) in [4.78, 5) is 31.1. The van der Waals surface area contributed by atoms with Gasteiger partial charge in [-0.3, -0.25) is 23.1 Å². The fourth-order valence-corrected chi connectivity index (χ4v) is 11.5. The molecular formula is C73H70N8O7S3. The first-order chi connectivity index (χ1) is 44.4. The highest BCUT2D eigenvalue weighted by molar-refractivity contribution is 8.13. The fourth-order valence-electron chi connectivity index (χ4n) is 9.87. The normalized spacial score (nSPS) is 10.8. The summed E-state index contributed by atoms with van der Waals surface area (Å²) in [6.45, 7) is 16.0. The third kappa shape index (κ3) is 16.7. The lowest BCUT2D eigenvalue weighted by molar-refractivity contribution is -0.109. The molecule has 0 unspecified atom stereocenters. The lowest BCUT2D eigenvalue weighted by atomic mass is 10.1. The largest absolute Gasteiger partial charge is 0.508 e. The fraction of sp³-hybridized carbons (Fsp3) is 0.178. The highest BCUT2D eigenvalue weighted by Gasteiger charge is 2.12. The predicted molar refractivity (Wildman–Crippen MR) is 371 cm³/mol. The van der Waals surface area contributed by atoms with Crippen LogP contribution in [0.15, 0.2) is 229 Å². The Morgan fingerprint density at radius 1 is 0.418 bits per heavy atom. The van der Waals surface area contributed by atoms with Crippen molar-refractivity contribution in [2.45, 2.75) is 70.4 Å². The Morgan fingerprint density at radius 2 is 0.758 bits per heavy atom. The summed E-state index contributed by atoms with van der Waals surface area (Å²) in [5.41, 5.74) is 14.5. The molecule has 4 heterocycles. The van der Waals surface area contributed by atoms with E-state index < -0.39 is 0 Å². The number of aromatic nitrogens is 8. The zero-order valence-electron chi connectivity index (χ0n) is 51.7. The number of thiocarbonyl (C=S) groups is 1. The van der Waals surface area contributed by atoms with Crippen LogP contribution in [0.1, 0.15) is 59.6 Å². The van der Waals surface area contributed by atoms with E-state index in [4.69, 9.17) is 35.9 Å². The van der Waals surface area contributed by atoms with Gasteiger partial charge in [0.1, 0.15) is 59.8 Å². The number of imidazole rings is 4. The number of hydrogen-bond acceptors (Lipinski definition) is 14. The van der Waals surface area contributed by atoms with Gasteiger partial charge in [0.15, 0.2) is 10.2 Å². The first-order valence-corrected chi connectivity index (χ1v) is 32.2. The molecule has 18 heteroatoms. The number of benzene rings is 9. The number of fused-ring (bicyclic) bond motifs is 4. The number of phenolic OH excluding ortho intramolecular Hbond substituents is 1. The van der Waals surface area contributed by atoms with Gasteiger partial charge in [-0.25, -0.2) is 19.9 Å². The average molecular weight is 1270 g/mol. The number of phenols is 1. The molecule has 462 valence electrons. The Kier molecular flexibility index (Phi) is 21.9. The number of carbonyl (C=O) groups excluding carboxylic acids is 1. The van der Waals surface area contributed by atoms with Gasteiger partial charge in [-0.05, 0) is 215 Å². The molecule has 13 rings (SSSR count). The second-order valence-electron chi connectivity index (χ2n) is 20.4. The van der Waals surface area contributed by atoms with Gasteiger partial charge in [-0.1, -0.05) is 43.0 Å². The zero-order chi connectivity index (χ0) is 63.6. The summed E-state index contributed by atoms with van der Waals surface area (Å²) in [5, 5.41) is 10.0. The summed E-state index contributed by atoms with van der Waals surface area (Å²) in [5.74, 6) is 5.37. The van der Waals surface area contributed by atoms with Gasteiger partial charge in [-0.15, -0.1) is 11.8 Å². The molecule has 9 aromatic carbocycles. The SMILES string of the molecule is CCOc1ccc(-n2cnc3cc(O)ccc32)cc1.CCOc1ccc(-n2cnc3cc(OC(C)=S)ccc32)cc1.CCOc1ccc(-n2cnc3cc(SC(C)=O)ccc32)cc1.CCOc1ccc(-n2cnc3cc(SCc4ccc(CC)cc4)ccc32)cc1. The molecule has 1 N–H and O–H groups in total. The van der Waals surface area contributed by atoms with E-state index in [1.807, 2.05) is 187 Å². The van der Waals surface area contributed by atoms with Crippen LogP contribution < -0.4 is 23.7 Å². The van der Waals surface area contributed by atoms with Gasteiger partial charge < -0.3 is 28.8 Å². The number of rotatable bonds is 18. The van der Waals surface area contributed by atoms with Crippen molar-refractivity contribution in [1.29, 1.82) is 0 Å². The van der Waals surface area contributed by atoms with Crippen molar-refractivity contribution in [1.82, 2.24) is 38.2 Å². The molecule has 0 saturated heterocycles. The smallest absolute Gasteiger partial charge is 0.190 e. The molecule has 0 atom stereocenters. The minimum Gasteiger partial charge on any atom is -0.508 e. The molecule has 15 nitrogen and oxygen atoms in total. The topological polar surface area (TPSA) is 155 Å². The molecule has 0 amide bonds. The van der Waals surface area contributed by atoms with E-state index in [-0.39, 0.29) is 10.9 Å². The molecule has 4 aromatic heterocycles. The predicted octanol–water partition coefficient (Wildman–Crippen LogP) is 17.6.